The molecule has 1 atom stereocenters. The molecule has 1 aromatic carbocycles. The number of nitrogens with zero attached hydrogens (tertiary/aromatic N) is 1. The van der Waals surface area contributed by atoms with Crippen molar-refractivity contribution in [3.63, 3.8) is 0 Å². The molecule has 0 spiro atoms. The standard InChI is InChI=1S/C15H18ClN3O2S/c1-9(2)13-7-14(19-18-13)15(20)17-11-4-5-12(16)10(6-11)8-22(3)21/h4-7,9H,8H2,1-3H3,(H,17,20)(H,18,19). The van der Waals surface area contributed by atoms with Gasteiger partial charge >= 0.3 is 0 Å². The summed E-state index contributed by atoms with van der Waals surface area (Å²) in [6, 6.07) is 6.86. The number of rotatable bonds is 5. The number of aromatic nitrogens is 2. The lowest BCUT2D eigenvalue weighted by Gasteiger charge is -2.07. The van der Waals surface area contributed by atoms with Crippen LogP contribution in [0.25, 0.3) is 0 Å². The fourth-order valence-corrected chi connectivity index (χ4v) is 2.87. The van der Waals surface area contributed by atoms with E-state index in [4.69, 9.17) is 11.6 Å². The summed E-state index contributed by atoms with van der Waals surface area (Å²) in [5, 5.41) is 10.2. The summed E-state index contributed by atoms with van der Waals surface area (Å²) < 4.78 is 11.3. The Hall–Kier alpha value is -1.66. The SMILES string of the molecule is CC(C)c1cc(C(=O)Nc2ccc(Cl)c(CS(C)=O)c2)n[nH]1. The minimum atomic E-state index is -1.00. The molecule has 1 amide bonds. The molecule has 22 heavy (non-hydrogen) atoms. The molecule has 2 N–H and O–H groups in total. The molecule has 0 saturated carbocycles. The molecule has 0 aliphatic rings. The summed E-state index contributed by atoms with van der Waals surface area (Å²) in [5.74, 6) is 0.326. The number of aromatic amines is 1. The number of nitrogens with one attached hydrogen (secondary N) is 2. The first-order chi connectivity index (χ1) is 10.4. The fraction of sp³-hybridized carbons (Fsp3) is 0.333. The van der Waals surface area contributed by atoms with Crippen LogP contribution in [0.2, 0.25) is 5.02 Å². The van der Waals surface area contributed by atoms with Gasteiger partial charge in [0, 0.05) is 39.2 Å². The average molecular weight is 340 g/mol. The van der Waals surface area contributed by atoms with E-state index < -0.39 is 10.8 Å². The zero-order valence-corrected chi connectivity index (χ0v) is 14.2. The number of benzene rings is 1. The van der Waals surface area contributed by atoms with Gasteiger partial charge in [0.15, 0.2) is 5.69 Å². The maximum Gasteiger partial charge on any atom is 0.276 e. The number of hydrogen-bond donors (Lipinski definition) is 2. The zero-order chi connectivity index (χ0) is 16.3. The van der Waals surface area contributed by atoms with Crippen LogP contribution in [-0.4, -0.2) is 26.6 Å². The first-order valence-electron chi connectivity index (χ1n) is 6.82. The van der Waals surface area contributed by atoms with Crippen LogP contribution in [0, 0.1) is 0 Å². The number of halogens is 1. The number of amides is 1. The zero-order valence-electron chi connectivity index (χ0n) is 12.6. The topological polar surface area (TPSA) is 74.8 Å². The smallest absolute Gasteiger partial charge is 0.276 e. The molecule has 5 nitrogen and oxygen atoms in total. The Morgan fingerprint density at radius 1 is 1.41 bits per heavy atom. The highest BCUT2D eigenvalue weighted by Crippen LogP contribution is 2.22. The lowest BCUT2D eigenvalue weighted by Crippen LogP contribution is -2.12. The van der Waals surface area contributed by atoms with Gasteiger partial charge in [0.25, 0.3) is 5.91 Å². The van der Waals surface area contributed by atoms with Gasteiger partial charge in [0.1, 0.15) is 0 Å². The molecule has 0 bridgehead atoms. The van der Waals surface area contributed by atoms with Gasteiger partial charge in [-0.3, -0.25) is 14.1 Å². The average Bonchev–Trinajstić information content (AvgIpc) is 2.92. The molecule has 0 saturated heterocycles. The predicted molar refractivity (Wildman–Crippen MR) is 89.9 cm³/mol. The Morgan fingerprint density at radius 3 is 2.73 bits per heavy atom. The number of hydrogen-bond acceptors (Lipinski definition) is 3. The van der Waals surface area contributed by atoms with Gasteiger partial charge in [0.05, 0.1) is 0 Å². The Bertz CT molecular complexity index is 713. The third kappa shape index (κ3) is 4.18. The number of carbonyl (C=O) groups excluding carboxylic acids is 1. The molecule has 1 heterocycles. The van der Waals surface area contributed by atoms with Crippen molar-refractivity contribution in [1.29, 1.82) is 0 Å². The molecule has 118 valence electrons. The van der Waals surface area contributed by atoms with Gasteiger partial charge in [-0.1, -0.05) is 25.4 Å². The van der Waals surface area contributed by atoms with Crippen molar-refractivity contribution in [1.82, 2.24) is 10.2 Å². The number of carbonyl (C=O) groups is 1. The maximum atomic E-state index is 12.2. The molecule has 2 rings (SSSR count). The molecule has 1 unspecified atom stereocenters. The third-order valence-electron chi connectivity index (χ3n) is 3.11. The first-order valence-corrected chi connectivity index (χ1v) is 8.92. The van der Waals surface area contributed by atoms with Crippen LogP contribution in [0.5, 0.6) is 0 Å². The lowest BCUT2D eigenvalue weighted by molar-refractivity contribution is 0.102. The molecule has 1 aromatic heterocycles. The van der Waals surface area contributed by atoms with Crippen molar-refractivity contribution >= 4 is 34.0 Å². The van der Waals surface area contributed by atoms with E-state index in [0.29, 0.717) is 22.2 Å². The minimum Gasteiger partial charge on any atom is -0.321 e. The first kappa shape index (κ1) is 16.7. The monoisotopic (exact) mass is 339 g/mol. The quantitative estimate of drug-likeness (QED) is 0.877. The van der Waals surface area contributed by atoms with Crippen LogP contribution >= 0.6 is 11.6 Å². The summed E-state index contributed by atoms with van der Waals surface area (Å²) in [4.78, 5) is 12.2. The van der Waals surface area contributed by atoms with Crippen LogP contribution < -0.4 is 5.32 Å². The molecule has 0 radical (unpaired) electrons. The van der Waals surface area contributed by atoms with E-state index in [9.17, 15) is 9.00 Å². The Morgan fingerprint density at radius 2 is 2.14 bits per heavy atom. The Balaban J connectivity index is 2.15. The normalized spacial score (nSPS) is 12.4. The molecule has 0 fully saturated rings. The second kappa shape index (κ2) is 7.07. The summed E-state index contributed by atoms with van der Waals surface area (Å²) in [7, 11) is -1.00. The van der Waals surface area contributed by atoms with Gasteiger partial charge in [0.2, 0.25) is 0 Å². The van der Waals surface area contributed by atoms with Crippen LogP contribution in [0.4, 0.5) is 5.69 Å². The molecule has 0 aliphatic heterocycles. The van der Waals surface area contributed by atoms with Gasteiger partial charge in [-0.05, 0) is 35.7 Å². The van der Waals surface area contributed by atoms with E-state index in [-0.39, 0.29) is 11.8 Å². The van der Waals surface area contributed by atoms with Gasteiger partial charge < -0.3 is 5.32 Å². The van der Waals surface area contributed by atoms with Crippen molar-refractivity contribution in [2.75, 3.05) is 11.6 Å². The van der Waals surface area contributed by atoms with Crippen molar-refractivity contribution in [2.24, 2.45) is 0 Å². The molecule has 7 heteroatoms. The number of H-pyrrole nitrogens is 1. The summed E-state index contributed by atoms with van der Waals surface area (Å²) in [6.45, 7) is 4.04. The highest BCUT2D eigenvalue weighted by molar-refractivity contribution is 7.83. The van der Waals surface area contributed by atoms with E-state index in [0.717, 1.165) is 11.3 Å². The van der Waals surface area contributed by atoms with E-state index in [1.807, 2.05) is 13.8 Å². The molecular weight excluding hydrogens is 322 g/mol. The second-order valence-electron chi connectivity index (χ2n) is 5.34. The number of anilines is 1. The lowest BCUT2D eigenvalue weighted by atomic mass is 10.1. The van der Waals surface area contributed by atoms with Gasteiger partial charge in [-0.15, -0.1) is 0 Å². The van der Waals surface area contributed by atoms with E-state index >= 15 is 0 Å². The molecule has 2 aromatic rings. The van der Waals surface area contributed by atoms with E-state index in [1.54, 1.807) is 30.5 Å². The summed E-state index contributed by atoms with van der Waals surface area (Å²) >= 11 is 6.07. The van der Waals surface area contributed by atoms with E-state index in [2.05, 4.69) is 15.5 Å². The van der Waals surface area contributed by atoms with Crippen LogP contribution in [0.1, 0.15) is 41.5 Å². The predicted octanol–water partition coefficient (Wildman–Crippen LogP) is 3.32. The summed E-state index contributed by atoms with van der Waals surface area (Å²) in [5.41, 5.74) is 2.58. The second-order valence-corrected chi connectivity index (χ2v) is 7.18. The van der Waals surface area contributed by atoms with Crippen LogP contribution in [0.3, 0.4) is 0 Å². The van der Waals surface area contributed by atoms with Crippen LogP contribution in [0.15, 0.2) is 24.3 Å². The maximum absolute atomic E-state index is 12.2. The van der Waals surface area contributed by atoms with Crippen molar-refractivity contribution < 1.29 is 9.00 Å². The Kier molecular flexibility index (Phi) is 5.37. The molecule has 0 aliphatic carbocycles. The van der Waals surface area contributed by atoms with Crippen LogP contribution in [-0.2, 0) is 16.6 Å². The Labute approximate surface area is 136 Å². The molecular formula is C15H18ClN3O2S. The van der Waals surface area contributed by atoms with Gasteiger partial charge in [-0.25, -0.2) is 0 Å². The van der Waals surface area contributed by atoms with Crippen molar-refractivity contribution in [3.8, 4) is 0 Å². The third-order valence-corrected chi connectivity index (χ3v) is 4.20. The highest BCUT2D eigenvalue weighted by atomic mass is 35.5. The summed E-state index contributed by atoms with van der Waals surface area (Å²) in [6.07, 6.45) is 1.61. The fourth-order valence-electron chi connectivity index (χ4n) is 1.93. The van der Waals surface area contributed by atoms with Gasteiger partial charge in [-0.2, -0.15) is 5.10 Å². The van der Waals surface area contributed by atoms with Crippen molar-refractivity contribution in [3.05, 3.63) is 46.2 Å². The largest absolute Gasteiger partial charge is 0.321 e. The highest BCUT2D eigenvalue weighted by Gasteiger charge is 2.13. The van der Waals surface area contributed by atoms with Crippen molar-refractivity contribution in [2.45, 2.75) is 25.5 Å². The van der Waals surface area contributed by atoms with E-state index in [1.165, 1.54) is 0 Å². The minimum absolute atomic E-state index is 0.274.